The van der Waals surface area contributed by atoms with Gasteiger partial charge in [0.05, 0.1) is 0 Å². The molecule has 2 nitrogen and oxygen atoms in total. The SMILES string of the molecule is Cc1ccccc1CN(C)C(=O)CC(C)(C)C. The van der Waals surface area contributed by atoms with Crippen LogP contribution < -0.4 is 0 Å². The molecule has 0 saturated carbocycles. The first-order valence-corrected chi connectivity index (χ1v) is 6.08. The van der Waals surface area contributed by atoms with Crippen LogP contribution in [0.2, 0.25) is 0 Å². The maximum Gasteiger partial charge on any atom is 0.223 e. The normalized spacial score (nSPS) is 11.4. The summed E-state index contributed by atoms with van der Waals surface area (Å²) in [7, 11) is 1.88. The first-order chi connectivity index (χ1) is 7.79. The van der Waals surface area contributed by atoms with Crippen LogP contribution in [0.4, 0.5) is 0 Å². The molecular weight excluding hydrogens is 210 g/mol. The lowest BCUT2D eigenvalue weighted by atomic mass is 9.91. The van der Waals surface area contributed by atoms with Crippen molar-refractivity contribution in [3.8, 4) is 0 Å². The second-order valence-corrected chi connectivity index (χ2v) is 5.91. The molecule has 0 saturated heterocycles. The van der Waals surface area contributed by atoms with Gasteiger partial charge >= 0.3 is 0 Å². The van der Waals surface area contributed by atoms with Crippen LogP contribution >= 0.6 is 0 Å². The van der Waals surface area contributed by atoms with Gasteiger partial charge in [0.25, 0.3) is 0 Å². The number of aryl methyl sites for hydroxylation is 1. The van der Waals surface area contributed by atoms with E-state index in [0.717, 1.165) is 0 Å². The number of carbonyl (C=O) groups excluding carboxylic acids is 1. The predicted octanol–water partition coefficient (Wildman–Crippen LogP) is 3.39. The summed E-state index contributed by atoms with van der Waals surface area (Å²) in [4.78, 5) is 13.8. The van der Waals surface area contributed by atoms with E-state index in [1.165, 1.54) is 11.1 Å². The number of hydrogen-bond donors (Lipinski definition) is 0. The Morgan fingerprint density at radius 1 is 1.24 bits per heavy atom. The highest BCUT2D eigenvalue weighted by Crippen LogP contribution is 2.20. The van der Waals surface area contributed by atoms with Gasteiger partial charge < -0.3 is 4.90 Å². The maximum absolute atomic E-state index is 12.0. The molecule has 2 heteroatoms. The van der Waals surface area contributed by atoms with E-state index in [2.05, 4.69) is 39.8 Å². The van der Waals surface area contributed by atoms with Crippen LogP contribution in [0.1, 0.15) is 38.3 Å². The Morgan fingerprint density at radius 2 is 1.82 bits per heavy atom. The second kappa shape index (κ2) is 5.35. The van der Waals surface area contributed by atoms with E-state index >= 15 is 0 Å². The molecule has 1 rings (SSSR count). The third-order valence-corrected chi connectivity index (χ3v) is 2.78. The molecule has 94 valence electrons. The molecule has 0 aromatic heterocycles. The van der Waals surface area contributed by atoms with Gasteiger partial charge in [-0.05, 0) is 23.5 Å². The van der Waals surface area contributed by atoms with Gasteiger partial charge in [-0.2, -0.15) is 0 Å². The summed E-state index contributed by atoms with van der Waals surface area (Å²) in [6.07, 6.45) is 0.593. The van der Waals surface area contributed by atoms with Gasteiger partial charge in [-0.3, -0.25) is 4.79 Å². The Balaban J connectivity index is 2.64. The fourth-order valence-corrected chi connectivity index (χ4v) is 1.72. The van der Waals surface area contributed by atoms with Crippen molar-refractivity contribution in [2.75, 3.05) is 7.05 Å². The van der Waals surface area contributed by atoms with E-state index in [-0.39, 0.29) is 11.3 Å². The summed E-state index contributed by atoms with van der Waals surface area (Å²) in [5, 5.41) is 0. The van der Waals surface area contributed by atoms with Crippen LogP contribution in [-0.2, 0) is 11.3 Å². The number of benzene rings is 1. The highest BCUT2D eigenvalue weighted by molar-refractivity contribution is 5.76. The number of hydrogen-bond acceptors (Lipinski definition) is 1. The average Bonchev–Trinajstić information content (AvgIpc) is 2.18. The van der Waals surface area contributed by atoms with Crippen LogP contribution in [0.3, 0.4) is 0 Å². The molecule has 0 bridgehead atoms. The van der Waals surface area contributed by atoms with E-state index in [1.807, 2.05) is 24.1 Å². The van der Waals surface area contributed by atoms with Gasteiger partial charge in [0.15, 0.2) is 0 Å². The van der Waals surface area contributed by atoms with Gasteiger partial charge in [0.2, 0.25) is 5.91 Å². The molecule has 0 fully saturated rings. The molecule has 1 amide bonds. The van der Waals surface area contributed by atoms with Crippen molar-refractivity contribution in [1.29, 1.82) is 0 Å². The summed E-state index contributed by atoms with van der Waals surface area (Å²) in [5.41, 5.74) is 2.51. The molecule has 0 heterocycles. The molecule has 0 spiro atoms. The van der Waals surface area contributed by atoms with Crippen molar-refractivity contribution in [3.05, 3.63) is 35.4 Å². The maximum atomic E-state index is 12.0. The third kappa shape index (κ3) is 4.59. The first kappa shape index (κ1) is 13.8. The molecule has 0 aliphatic carbocycles. The second-order valence-electron chi connectivity index (χ2n) is 5.91. The third-order valence-electron chi connectivity index (χ3n) is 2.78. The lowest BCUT2D eigenvalue weighted by Gasteiger charge is -2.23. The van der Waals surface area contributed by atoms with Gasteiger partial charge in [-0.15, -0.1) is 0 Å². The van der Waals surface area contributed by atoms with Crippen LogP contribution in [-0.4, -0.2) is 17.9 Å². The average molecular weight is 233 g/mol. The molecule has 0 radical (unpaired) electrons. The summed E-state index contributed by atoms with van der Waals surface area (Å²) in [5.74, 6) is 0.209. The molecule has 17 heavy (non-hydrogen) atoms. The van der Waals surface area contributed by atoms with Crippen LogP contribution in [0, 0.1) is 12.3 Å². The molecule has 0 aliphatic heterocycles. The Hall–Kier alpha value is -1.31. The van der Waals surface area contributed by atoms with Gasteiger partial charge in [0.1, 0.15) is 0 Å². The van der Waals surface area contributed by atoms with E-state index in [1.54, 1.807) is 0 Å². The topological polar surface area (TPSA) is 20.3 Å². The van der Waals surface area contributed by atoms with E-state index in [9.17, 15) is 4.79 Å². The van der Waals surface area contributed by atoms with Crippen molar-refractivity contribution >= 4 is 5.91 Å². The lowest BCUT2D eigenvalue weighted by Crippen LogP contribution is -2.29. The number of carbonyl (C=O) groups is 1. The first-order valence-electron chi connectivity index (χ1n) is 6.08. The predicted molar refractivity (Wildman–Crippen MR) is 71.7 cm³/mol. The summed E-state index contributed by atoms with van der Waals surface area (Å²) < 4.78 is 0. The molecule has 0 atom stereocenters. The summed E-state index contributed by atoms with van der Waals surface area (Å²) in [6, 6.07) is 8.20. The van der Waals surface area contributed by atoms with E-state index < -0.39 is 0 Å². The van der Waals surface area contributed by atoms with Crippen LogP contribution in [0.5, 0.6) is 0 Å². The molecule has 1 aromatic rings. The molecular formula is C15H23NO. The smallest absolute Gasteiger partial charge is 0.223 e. The van der Waals surface area contributed by atoms with Crippen molar-refractivity contribution in [1.82, 2.24) is 4.90 Å². The van der Waals surface area contributed by atoms with Gasteiger partial charge in [-0.25, -0.2) is 0 Å². The number of rotatable bonds is 3. The highest BCUT2D eigenvalue weighted by atomic mass is 16.2. The standard InChI is InChI=1S/C15H23NO/c1-12-8-6-7-9-13(12)11-16(5)14(17)10-15(2,3)4/h6-9H,10-11H2,1-5H3. The van der Waals surface area contributed by atoms with Crippen molar-refractivity contribution in [2.24, 2.45) is 5.41 Å². The molecule has 0 N–H and O–H groups in total. The van der Waals surface area contributed by atoms with Gasteiger partial charge in [-0.1, -0.05) is 45.0 Å². The zero-order valence-corrected chi connectivity index (χ0v) is 11.6. The molecule has 0 unspecified atom stereocenters. The number of nitrogens with zero attached hydrogens (tertiary/aromatic N) is 1. The van der Waals surface area contributed by atoms with E-state index in [4.69, 9.17) is 0 Å². The highest BCUT2D eigenvalue weighted by Gasteiger charge is 2.19. The number of amides is 1. The minimum Gasteiger partial charge on any atom is -0.341 e. The Bertz CT molecular complexity index is 390. The Labute approximate surface area is 105 Å². The van der Waals surface area contributed by atoms with E-state index in [0.29, 0.717) is 13.0 Å². The van der Waals surface area contributed by atoms with Gasteiger partial charge in [0, 0.05) is 20.0 Å². The van der Waals surface area contributed by atoms with Crippen molar-refractivity contribution in [3.63, 3.8) is 0 Å². The summed E-state index contributed by atoms with van der Waals surface area (Å²) >= 11 is 0. The Kier molecular flexibility index (Phi) is 4.33. The summed E-state index contributed by atoms with van der Waals surface area (Å²) in [6.45, 7) is 9.05. The van der Waals surface area contributed by atoms with Crippen molar-refractivity contribution in [2.45, 2.75) is 40.7 Å². The van der Waals surface area contributed by atoms with Crippen LogP contribution in [0.15, 0.2) is 24.3 Å². The monoisotopic (exact) mass is 233 g/mol. The zero-order chi connectivity index (χ0) is 13.1. The minimum atomic E-state index is 0.0527. The lowest BCUT2D eigenvalue weighted by molar-refractivity contribution is -0.132. The largest absolute Gasteiger partial charge is 0.341 e. The Morgan fingerprint density at radius 3 is 2.35 bits per heavy atom. The zero-order valence-electron chi connectivity index (χ0n) is 11.6. The minimum absolute atomic E-state index is 0.0527. The molecule has 1 aromatic carbocycles. The van der Waals surface area contributed by atoms with Crippen molar-refractivity contribution < 1.29 is 4.79 Å². The van der Waals surface area contributed by atoms with Crippen LogP contribution in [0.25, 0.3) is 0 Å². The molecule has 0 aliphatic rings. The quantitative estimate of drug-likeness (QED) is 0.783. The fourth-order valence-electron chi connectivity index (χ4n) is 1.72. The fraction of sp³-hybridized carbons (Fsp3) is 0.533.